The van der Waals surface area contributed by atoms with Crippen LogP contribution >= 0.6 is 0 Å². The van der Waals surface area contributed by atoms with E-state index in [2.05, 4.69) is 65.6 Å². The van der Waals surface area contributed by atoms with Crippen molar-refractivity contribution in [2.24, 2.45) is 0 Å². The molecule has 0 aliphatic rings. The smallest absolute Gasteiger partial charge is 0.335 e. The minimum atomic E-state index is -0.926. The molecule has 0 spiro atoms. The summed E-state index contributed by atoms with van der Waals surface area (Å²) in [6.07, 6.45) is 0. The van der Waals surface area contributed by atoms with Crippen molar-refractivity contribution in [1.82, 2.24) is 0 Å². The lowest BCUT2D eigenvalue weighted by atomic mass is 10.1. The number of nitrogens with zero attached hydrogens (tertiary/aromatic N) is 1. The van der Waals surface area contributed by atoms with Crippen LogP contribution in [0, 0.1) is 0 Å². The van der Waals surface area contributed by atoms with Gasteiger partial charge in [0.15, 0.2) is 0 Å². The summed E-state index contributed by atoms with van der Waals surface area (Å²) in [5.41, 5.74) is 3.22. The van der Waals surface area contributed by atoms with Gasteiger partial charge in [-0.3, -0.25) is 0 Å². The van der Waals surface area contributed by atoms with Crippen molar-refractivity contribution < 1.29 is 9.90 Å². The number of anilines is 3. The van der Waals surface area contributed by atoms with Gasteiger partial charge in [0.1, 0.15) is 0 Å². The van der Waals surface area contributed by atoms with E-state index in [-0.39, 0.29) is 5.56 Å². The number of carboxylic acids is 1. The fourth-order valence-corrected chi connectivity index (χ4v) is 3.83. The van der Waals surface area contributed by atoms with Gasteiger partial charge >= 0.3 is 5.97 Å². The van der Waals surface area contributed by atoms with E-state index < -0.39 is 5.97 Å². The lowest BCUT2D eigenvalue weighted by molar-refractivity contribution is 0.0697. The normalized spacial score (nSPS) is 10.9. The zero-order chi connectivity index (χ0) is 20.5. The Hall–Kier alpha value is -4.11. The van der Waals surface area contributed by atoms with Gasteiger partial charge in [-0.25, -0.2) is 4.79 Å². The number of benzene rings is 5. The summed E-state index contributed by atoms with van der Waals surface area (Å²) in [5, 5.41) is 13.9. The highest BCUT2D eigenvalue weighted by Gasteiger charge is 2.14. The van der Waals surface area contributed by atoms with E-state index >= 15 is 0 Å². The van der Waals surface area contributed by atoms with Crippen molar-refractivity contribution in [3.05, 3.63) is 115 Å². The molecule has 30 heavy (non-hydrogen) atoms. The summed E-state index contributed by atoms with van der Waals surface area (Å²) in [5.74, 6) is -0.926. The van der Waals surface area contributed by atoms with E-state index in [9.17, 15) is 9.90 Å². The van der Waals surface area contributed by atoms with Crippen LogP contribution in [0.5, 0.6) is 0 Å². The van der Waals surface area contributed by atoms with Gasteiger partial charge in [0.25, 0.3) is 0 Å². The molecule has 0 saturated carbocycles. The third-order valence-corrected chi connectivity index (χ3v) is 5.35. The molecule has 0 amide bonds. The first-order valence-electron chi connectivity index (χ1n) is 9.80. The summed E-state index contributed by atoms with van der Waals surface area (Å²) in [7, 11) is 0. The van der Waals surface area contributed by atoms with Crippen LogP contribution in [0.25, 0.3) is 21.5 Å². The molecule has 0 fully saturated rings. The molecule has 0 aliphatic heterocycles. The van der Waals surface area contributed by atoms with E-state index in [0.29, 0.717) is 0 Å². The highest BCUT2D eigenvalue weighted by Crippen LogP contribution is 2.37. The van der Waals surface area contributed by atoms with E-state index in [4.69, 9.17) is 0 Å². The molecule has 1 N–H and O–H groups in total. The first-order valence-corrected chi connectivity index (χ1v) is 9.80. The van der Waals surface area contributed by atoms with Crippen molar-refractivity contribution in [1.29, 1.82) is 0 Å². The first-order chi connectivity index (χ1) is 14.7. The van der Waals surface area contributed by atoms with Crippen LogP contribution in [-0.4, -0.2) is 11.1 Å². The molecule has 5 aromatic carbocycles. The molecule has 0 heterocycles. The van der Waals surface area contributed by atoms with Gasteiger partial charge in [-0.1, -0.05) is 60.7 Å². The SMILES string of the molecule is O=C(O)c1ccc(N(c2ccc3ccccc3c2)c2ccc3ccccc3c2)cc1. The van der Waals surface area contributed by atoms with Crippen LogP contribution in [0.1, 0.15) is 10.4 Å². The molecular weight excluding hydrogens is 370 g/mol. The van der Waals surface area contributed by atoms with Crippen molar-refractivity contribution in [2.45, 2.75) is 0 Å². The largest absolute Gasteiger partial charge is 0.478 e. The molecule has 0 saturated heterocycles. The average Bonchev–Trinajstić information content (AvgIpc) is 2.79. The van der Waals surface area contributed by atoms with E-state index in [1.807, 2.05) is 36.4 Å². The van der Waals surface area contributed by atoms with Gasteiger partial charge in [0.05, 0.1) is 5.56 Å². The second-order valence-corrected chi connectivity index (χ2v) is 7.25. The van der Waals surface area contributed by atoms with Gasteiger partial charge < -0.3 is 10.0 Å². The molecule has 5 aromatic rings. The monoisotopic (exact) mass is 389 g/mol. The maximum absolute atomic E-state index is 11.3. The third-order valence-electron chi connectivity index (χ3n) is 5.35. The molecule has 3 nitrogen and oxygen atoms in total. The molecule has 0 atom stereocenters. The zero-order valence-electron chi connectivity index (χ0n) is 16.2. The van der Waals surface area contributed by atoms with Gasteiger partial charge in [0, 0.05) is 17.1 Å². The molecule has 0 aromatic heterocycles. The molecule has 0 radical (unpaired) electrons. The number of hydrogen-bond acceptors (Lipinski definition) is 2. The Kier molecular flexibility index (Phi) is 4.41. The van der Waals surface area contributed by atoms with E-state index in [1.165, 1.54) is 10.8 Å². The van der Waals surface area contributed by atoms with Crippen LogP contribution in [0.15, 0.2) is 109 Å². The fraction of sp³-hybridized carbons (Fsp3) is 0. The van der Waals surface area contributed by atoms with E-state index in [0.717, 1.165) is 27.8 Å². The molecule has 5 rings (SSSR count). The van der Waals surface area contributed by atoms with Crippen molar-refractivity contribution >= 4 is 44.6 Å². The molecule has 0 aliphatic carbocycles. The quantitative estimate of drug-likeness (QED) is 0.354. The maximum Gasteiger partial charge on any atom is 0.335 e. The minimum Gasteiger partial charge on any atom is -0.478 e. The Morgan fingerprint density at radius 3 is 1.43 bits per heavy atom. The van der Waals surface area contributed by atoms with E-state index in [1.54, 1.807) is 12.1 Å². The van der Waals surface area contributed by atoms with Crippen molar-refractivity contribution in [3.8, 4) is 0 Å². The number of rotatable bonds is 4. The van der Waals surface area contributed by atoms with Gasteiger partial charge in [-0.15, -0.1) is 0 Å². The van der Waals surface area contributed by atoms with Crippen LogP contribution < -0.4 is 4.90 Å². The van der Waals surface area contributed by atoms with Crippen LogP contribution in [0.2, 0.25) is 0 Å². The average molecular weight is 389 g/mol. The lowest BCUT2D eigenvalue weighted by Gasteiger charge is -2.26. The van der Waals surface area contributed by atoms with Crippen LogP contribution in [-0.2, 0) is 0 Å². The van der Waals surface area contributed by atoms with Gasteiger partial charge in [-0.2, -0.15) is 0 Å². The van der Waals surface area contributed by atoms with Crippen LogP contribution in [0.3, 0.4) is 0 Å². The first kappa shape index (κ1) is 18.0. The lowest BCUT2D eigenvalue weighted by Crippen LogP contribution is -2.10. The zero-order valence-corrected chi connectivity index (χ0v) is 16.2. The maximum atomic E-state index is 11.3. The molecular formula is C27H19NO2. The Morgan fingerprint density at radius 1 is 0.533 bits per heavy atom. The summed E-state index contributed by atoms with van der Waals surface area (Å²) < 4.78 is 0. The molecule has 3 heteroatoms. The summed E-state index contributed by atoms with van der Waals surface area (Å²) >= 11 is 0. The van der Waals surface area contributed by atoms with Crippen LogP contribution in [0.4, 0.5) is 17.1 Å². The summed E-state index contributed by atoms with van der Waals surface area (Å²) in [4.78, 5) is 13.5. The Balaban J connectivity index is 1.70. The Morgan fingerprint density at radius 2 is 0.967 bits per heavy atom. The topological polar surface area (TPSA) is 40.5 Å². The highest BCUT2D eigenvalue weighted by atomic mass is 16.4. The molecule has 0 bridgehead atoms. The van der Waals surface area contributed by atoms with Gasteiger partial charge in [-0.05, 0) is 70.1 Å². The Bertz CT molecular complexity index is 1290. The number of aromatic carboxylic acids is 1. The standard InChI is InChI=1S/C27H19NO2/c29-27(30)21-11-13-24(14-12-21)28(25-15-9-19-5-1-3-7-22(19)17-25)26-16-10-20-6-2-4-8-23(20)18-26/h1-18H,(H,29,30). The molecule has 0 unspecified atom stereocenters. The van der Waals surface area contributed by atoms with Gasteiger partial charge in [0.2, 0.25) is 0 Å². The fourth-order valence-electron chi connectivity index (χ4n) is 3.83. The second-order valence-electron chi connectivity index (χ2n) is 7.25. The Labute approximate surface area is 174 Å². The van der Waals surface area contributed by atoms with Crippen molar-refractivity contribution in [3.63, 3.8) is 0 Å². The predicted octanol–water partition coefficient (Wildman–Crippen LogP) is 7.16. The third kappa shape index (κ3) is 3.27. The molecule has 144 valence electrons. The highest BCUT2D eigenvalue weighted by molar-refractivity contribution is 5.93. The number of carbonyl (C=O) groups is 1. The minimum absolute atomic E-state index is 0.274. The number of carboxylic acid groups (broad SMARTS) is 1. The summed E-state index contributed by atoms with van der Waals surface area (Å²) in [6, 6.07) is 36.3. The predicted molar refractivity (Wildman–Crippen MR) is 123 cm³/mol. The second kappa shape index (κ2) is 7.37. The number of hydrogen-bond donors (Lipinski definition) is 1. The summed E-state index contributed by atoms with van der Waals surface area (Å²) in [6.45, 7) is 0. The number of fused-ring (bicyclic) bond motifs is 2. The van der Waals surface area contributed by atoms with Crippen molar-refractivity contribution in [2.75, 3.05) is 4.90 Å².